The van der Waals surface area contributed by atoms with Crippen LogP contribution in [0, 0.1) is 17.8 Å². The number of sulfonamides is 1. The van der Waals surface area contributed by atoms with E-state index in [0.29, 0.717) is 23.1 Å². The molecule has 0 aliphatic carbocycles. The number of nitrogens with one attached hydrogen (secondary N) is 3. The van der Waals surface area contributed by atoms with E-state index in [2.05, 4.69) is 27.4 Å². The average Bonchev–Trinajstić information content (AvgIpc) is 2.81. The van der Waals surface area contributed by atoms with Gasteiger partial charge in [0.25, 0.3) is 5.91 Å². The summed E-state index contributed by atoms with van der Waals surface area (Å²) in [5, 5.41) is 0.654. The molecule has 8 nitrogen and oxygen atoms in total. The van der Waals surface area contributed by atoms with E-state index in [1.54, 1.807) is 38.1 Å². The second kappa shape index (κ2) is 13.2. The van der Waals surface area contributed by atoms with E-state index in [1.165, 1.54) is 14.0 Å². The van der Waals surface area contributed by atoms with Gasteiger partial charge in [-0.1, -0.05) is 43.4 Å². The van der Waals surface area contributed by atoms with Gasteiger partial charge in [0.15, 0.2) is 11.5 Å². The summed E-state index contributed by atoms with van der Waals surface area (Å²) in [5.41, 5.74) is 7.05. The second-order valence-electron chi connectivity index (χ2n) is 7.67. The predicted molar refractivity (Wildman–Crippen MR) is 133 cm³/mol. The molecule has 0 aliphatic heterocycles. The molecule has 0 aliphatic rings. The maximum atomic E-state index is 12.4. The van der Waals surface area contributed by atoms with Crippen molar-refractivity contribution in [1.82, 2.24) is 15.6 Å². The van der Waals surface area contributed by atoms with E-state index in [0.717, 1.165) is 11.1 Å². The predicted octanol–water partition coefficient (Wildman–Crippen LogP) is 2.86. The molecule has 10 heteroatoms. The van der Waals surface area contributed by atoms with Crippen LogP contribution in [0.5, 0.6) is 11.5 Å². The van der Waals surface area contributed by atoms with Gasteiger partial charge in [0.1, 0.15) is 12.6 Å². The van der Waals surface area contributed by atoms with Crippen molar-refractivity contribution in [3.8, 4) is 23.3 Å². The largest absolute Gasteiger partial charge is 0.493 e. The molecule has 0 saturated heterocycles. The third-order valence-corrected chi connectivity index (χ3v) is 6.37. The molecule has 2 rings (SSSR count). The molecule has 0 saturated carbocycles. The second-order valence-corrected chi connectivity index (χ2v) is 10.1. The van der Waals surface area contributed by atoms with E-state index in [-0.39, 0.29) is 18.3 Å². The van der Waals surface area contributed by atoms with Crippen molar-refractivity contribution in [2.24, 2.45) is 5.92 Å². The van der Waals surface area contributed by atoms with Crippen LogP contribution < -0.4 is 25.0 Å². The topological polar surface area (TPSA) is 106 Å². The molecule has 1 unspecified atom stereocenters. The van der Waals surface area contributed by atoms with Gasteiger partial charge < -0.3 is 9.47 Å². The van der Waals surface area contributed by atoms with Crippen molar-refractivity contribution < 1.29 is 22.7 Å². The highest BCUT2D eigenvalue weighted by Crippen LogP contribution is 2.28. The number of carbonyl (C=O) groups is 1. The monoisotopic (exact) mass is 507 g/mol. The standard InChI is InChI=1S/C24H30ClN3O5S/c1-5-34(30,31)28-23(17(2)3)24(29)27-26-16-19-10-13-21(22(15-19)32-4)33-14-6-7-18-8-11-20(25)12-9-18/h8-13,15,17,23,26,28H,5,14,16H2,1-4H3,(H,27,29). The summed E-state index contributed by atoms with van der Waals surface area (Å²) in [6, 6.07) is 11.7. The van der Waals surface area contributed by atoms with Crippen LogP contribution in [-0.4, -0.2) is 39.8 Å². The van der Waals surface area contributed by atoms with Gasteiger partial charge in [0.05, 0.1) is 12.9 Å². The first-order chi connectivity index (χ1) is 16.1. The first-order valence-corrected chi connectivity index (χ1v) is 12.7. The lowest BCUT2D eigenvalue weighted by atomic mass is 10.1. The van der Waals surface area contributed by atoms with Crippen LogP contribution in [0.4, 0.5) is 0 Å². The maximum absolute atomic E-state index is 12.4. The van der Waals surface area contributed by atoms with Gasteiger partial charge in [-0.25, -0.2) is 18.6 Å². The number of halogens is 1. The van der Waals surface area contributed by atoms with E-state index in [9.17, 15) is 13.2 Å². The SMILES string of the molecule is CCS(=O)(=O)NC(C(=O)NNCc1ccc(OCC#Cc2ccc(Cl)cc2)c(OC)c1)C(C)C. The third-order valence-electron chi connectivity index (χ3n) is 4.74. The highest BCUT2D eigenvalue weighted by Gasteiger charge is 2.26. The van der Waals surface area contributed by atoms with Crippen molar-refractivity contribution in [3.63, 3.8) is 0 Å². The Bertz CT molecular complexity index is 1130. The Balaban J connectivity index is 1.91. The number of carbonyl (C=O) groups excluding carboxylic acids is 1. The van der Waals surface area contributed by atoms with Crippen molar-refractivity contribution in [2.45, 2.75) is 33.4 Å². The Kier molecular flexibility index (Phi) is 10.7. The van der Waals surface area contributed by atoms with Gasteiger partial charge >= 0.3 is 0 Å². The highest BCUT2D eigenvalue weighted by atomic mass is 35.5. The van der Waals surface area contributed by atoms with Crippen LogP contribution in [0.15, 0.2) is 42.5 Å². The summed E-state index contributed by atoms with van der Waals surface area (Å²) < 4.78 is 37.2. The van der Waals surface area contributed by atoms with Crippen molar-refractivity contribution in [1.29, 1.82) is 0 Å². The molecular weight excluding hydrogens is 478 g/mol. The molecule has 0 bridgehead atoms. The molecule has 184 valence electrons. The van der Waals surface area contributed by atoms with Crippen LogP contribution >= 0.6 is 11.6 Å². The molecule has 1 atom stereocenters. The van der Waals surface area contributed by atoms with Gasteiger partial charge in [0, 0.05) is 17.1 Å². The number of ether oxygens (including phenoxy) is 2. The highest BCUT2D eigenvalue weighted by molar-refractivity contribution is 7.89. The fraction of sp³-hybridized carbons (Fsp3) is 0.375. The van der Waals surface area contributed by atoms with Crippen LogP contribution in [0.2, 0.25) is 5.02 Å². The first kappa shape index (κ1) is 27.5. The fourth-order valence-electron chi connectivity index (χ4n) is 2.81. The van der Waals surface area contributed by atoms with Crippen molar-refractivity contribution >= 4 is 27.5 Å². The minimum absolute atomic E-state index is 0.0994. The number of hydrazine groups is 1. The molecular formula is C24H30ClN3O5S. The lowest BCUT2D eigenvalue weighted by Gasteiger charge is -2.21. The zero-order valence-electron chi connectivity index (χ0n) is 19.6. The maximum Gasteiger partial charge on any atom is 0.252 e. The van der Waals surface area contributed by atoms with Crippen LogP contribution in [-0.2, 0) is 21.4 Å². The molecule has 0 aromatic heterocycles. The summed E-state index contributed by atoms with van der Waals surface area (Å²) in [7, 11) is -1.98. The molecule has 34 heavy (non-hydrogen) atoms. The quantitative estimate of drug-likeness (QED) is 0.319. The van der Waals surface area contributed by atoms with Gasteiger partial charge in [-0.3, -0.25) is 10.2 Å². The first-order valence-electron chi connectivity index (χ1n) is 10.7. The van der Waals surface area contributed by atoms with Crippen LogP contribution in [0.1, 0.15) is 31.9 Å². The Labute approximate surface area is 206 Å². The summed E-state index contributed by atoms with van der Waals surface area (Å²) in [4.78, 5) is 12.4. The third kappa shape index (κ3) is 8.88. The average molecular weight is 508 g/mol. The van der Waals surface area contributed by atoms with Gasteiger partial charge in [-0.05, 0) is 54.8 Å². The van der Waals surface area contributed by atoms with E-state index >= 15 is 0 Å². The van der Waals surface area contributed by atoms with Gasteiger partial charge in [-0.2, -0.15) is 0 Å². The Morgan fingerprint density at radius 2 is 1.82 bits per heavy atom. The number of rotatable bonds is 11. The molecule has 1 amide bonds. The normalized spacial score (nSPS) is 11.9. The lowest BCUT2D eigenvalue weighted by Crippen LogP contribution is -2.53. The molecule has 2 aromatic rings. The summed E-state index contributed by atoms with van der Waals surface area (Å²) in [6.45, 7) is 5.53. The smallest absolute Gasteiger partial charge is 0.252 e. The summed E-state index contributed by atoms with van der Waals surface area (Å²) in [5.74, 6) is 6.22. The van der Waals surface area contributed by atoms with Gasteiger partial charge in [0.2, 0.25) is 10.0 Å². The number of benzene rings is 2. The lowest BCUT2D eigenvalue weighted by molar-refractivity contribution is -0.124. The number of hydrogen-bond donors (Lipinski definition) is 3. The van der Waals surface area contributed by atoms with E-state index in [1.807, 2.05) is 18.2 Å². The number of amides is 1. The van der Waals surface area contributed by atoms with Crippen LogP contribution in [0.3, 0.4) is 0 Å². The molecule has 0 radical (unpaired) electrons. The summed E-state index contributed by atoms with van der Waals surface area (Å²) >= 11 is 5.86. The van der Waals surface area contributed by atoms with Crippen LogP contribution in [0.25, 0.3) is 0 Å². The van der Waals surface area contributed by atoms with Crippen molar-refractivity contribution in [2.75, 3.05) is 19.5 Å². The number of hydrogen-bond acceptors (Lipinski definition) is 6. The molecule has 3 N–H and O–H groups in total. The molecule has 2 aromatic carbocycles. The zero-order chi connectivity index (χ0) is 25.1. The fourth-order valence-corrected chi connectivity index (χ4v) is 3.87. The molecule has 0 spiro atoms. The van der Waals surface area contributed by atoms with Gasteiger partial charge in [-0.15, -0.1) is 0 Å². The van der Waals surface area contributed by atoms with Crippen molar-refractivity contribution in [3.05, 3.63) is 58.6 Å². The Morgan fingerprint density at radius 3 is 2.44 bits per heavy atom. The minimum Gasteiger partial charge on any atom is -0.493 e. The zero-order valence-corrected chi connectivity index (χ0v) is 21.2. The Hall–Kier alpha value is -2.77. The van der Waals surface area contributed by atoms with E-state index < -0.39 is 22.0 Å². The molecule has 0 heterocycles. The molecule has 0 fully saturated rings. The Morgan fingerprint density at radius 1 is 1.12 bits per heavy atom. The minimum atomic E-state index is -3.51. The number of methoxy groups -OCH3 is 1. The summed E-state index contributed by atoms with van der Waals surface area (Å²) in [6.07, 6.45) is 0. The van der Waals surface area contributed by atoms with E-state index in [4.69, 9.17) is 21.1 Å².